The van der Waals surface area contributed by atoms with Gasteiger partial charge in [0.25, 0.3) is 0 Å². The van der Waals surface area contributed by atoms with Crippen LogP contribution in [0.25, 0.3) is 0 Å². The molecule has 3 aliphatic rings. The van der Waals surface area contributed by atoms with Crippen LogP contribution in [0.3, 0.4) is 0 Å². The van der Waals surface area contributed by atoms with Crippen LogP contribution in [0.15, 0.2) is 18.2 Å². The van der Waals surface area contributed by atoms with Gasteiger partial charge in [0.05, 0.1) is 6.04 Å². The Morgan fingerprint density at radius 1 is 1.23 bits per heavy atom. The number of amides is 2. The van der Waals surface area contributed by atoms with Gasteiger partial charge in [-0.15, -0.1) is 0 Å². The number of likely N-dealkylation sites (tertiary alicyclic amines) is 1. The highest BCUT2D eigenvalue weighted by Gasteiger charge is 2.43. The summed E-state index contributed by atoms with van der Waals surface area (Å²) in [5.74, 6) is -0.397. The van der Waals surface area contributed by atoms with Crippen LogP contribution in [0.2, 0.25) is 0 Å². The number of nitrogens with zero attached hydrogens (tertiary/aromatic N) is 1. The van der Waals surface area contributed by atoms with E-state index in [4.69, 9.17) is 0 Å². The van der Waals surface area contributed by atoms with Gasteiger partial charge < -0.3 is 15.5 Å². The highest BCUT2D eigenvalue weighted by Crippen LogP contribution is 2.48. The second-order valence-electron chi connectivity index (χ2n) is 10.9. The molecule has 2 saturated heterocycles. The molecule has 5 nitrogen and oxygen atoms in total. The Morgan fingerprint density at radius 3 is 2.61 bits per heavy atom. The third kappa shape index (κ3) is 4.94. The summed E-state index contributed by atoms with van der Waals surface area (Å²) in [7, 11) is 0. The van der Waals surface area contributed by atoms with Crippen molar-refractivity contribution in [1.29, 1.82) is 0 Å². The van der Waals surface area contributed by atoms with Gasteiger partial charge in [-0.25, -0.2) is 4.39 Å². The topological polar surface area (TPSA) is 61.4 Å². The average Bonchev–Trinajstić information content (AvgIpc) is 3.16. The van der Waals surface area contributed by atoms with E-state index in [0.717, 1.165) is 56.4 Å². The third-order valence-electron chi connectivity index (χ3n) is 7.49. The van der Waals surface area contributed by atoms with Crippen LogP contribution in [-0.4, -0.2) is 42.4 Å². The van der Waals surface area contributed by atoms with Crippen molar-refractivity contribution in [3.05, 3.63) is 35.1 Å². The van der Waals surface area contributed by atoms with E-state index in [1.807, 2.05) is 6.07 Å². The minimum atomic E-state index is -0.446. The van der Waals surface area contributed by atoms with E-state index in [9.17, 15) is 14.0 Å². The van der Waals surface area contributed by atoms with Crippen LogP contribution < -0.4 is 10.6 Å². The van der Waals surface area contributed by atoms with Gasteiger partial charge in [0.2, 0.25) is 11.8 Å². The largest absolute Gasteiger partial charge is 0.348 e. The Bertz CT molecular complexity index is 840. The lowest BCUT2D eigenvalue weighted by molar-refractivity contribution is -0.126. The van der Waals surface area contributed by atoms with Crippen molar-refractivity contribution in [3.63, 3.8) is 0 Å². The van der Waals surface area contributed by atoms with E-state index in [2.05, 4.69) is 36.3 Å². The van der Waals surface area contributed by atoms with Gasteiger partial charge in [0.15, 0.2) is 0 Å². The number of fused-ring (bicyclic) bond motifs is 2. The van der Waals surface area contributed by atoms with Crippen molar-refractivity contribution in [2.45, 2.75) is 83.2 Å². The van der Waals surface area contributed by atoms with Crippen LogP contribution in [0.5, 0.6) is 0 Å². The predicted molar refractivity (Wildman–Crippen MR) is 119 cm³/mol. The first-order valence-electron chi connectivity index (χ1n) is 11.8. The maximum absolute atomic E-state index is 14.3. The molecule has 0 bridgehead atoms. The number of benzene rings is 1. The molecule has 0 unspecified atom stereocenters. The highest BCUT2D eigenvalue weighted by atomic mass is 19.1. The van der Waals surface area contributed by atoms with Crippen LogP contribution in [0.4, 0.5) is 4.39 Å². The molecule has 2 atom stereocenters. The molecule has 6 heteroatoms. The summed E-state index contributed by atoms with van der Waals surface area (Å²) in [4.78, 5) is 26.7. The quantitative estimate of drug-likeness (QED) is 0.765. The van der Waals surface area contributed by atoms with Gasteiger partial charge in [-0.2, -0.15) is 0 Å². The molecule has 1 spiro atoms. The number of piperidine rings is 1. The number of rotatable bonds is 4. The minimum absolute atomic E-state index is 0.00152. The Hall–Kier alpha value is -1.95. The number of carbonyl (C=O) groups is 2. The lowest BCUT2D eigenvalue weighted by Gasteiger charge is -2.47. The molecule has 1 aliphatic carbocycles. The summed E-state index contributed by atoms with van der Waals surface area (Å²) in [5, 5.41) is 5.88. The van der Waals surface area contributed by atoms with Crippen molar-refractivity contribution < 1.29 is 14.0 Å². The Morgan fingerprint density at radius 2 is 1.97 bits per heavy atom. The van der Waals surface area contributed by atoms with Gasteiger partial charge in [-0.1, -0.05) is 26.8 Å². The number of carbonyl (C=O) groups excluding carboxylic acids is 2. The fourth-order valence-corrected chi connectivity index (χ4v) is 5.45. The van der Waals surface area contributed by atoms with E-state index < -0.39 is 6.04 Å². The Balaban J connectivity index is 1.47. The predicted octanol–water partition coefficient (Wildman–Crippen LogP) is 3.83. The van der Waals surface area contributed by atoms with Crippen LogP contribution >= 0.6 is 0 Å². The fraction of sp³-hybridized carbons (Fsp3) is 0.680. The van der Waals surface area contributed by atoms with Gasteiger partial charge >= 0.3 is 0 Å². The maximum atomic E-state index is 14.3. The second-order valence-corrected chi connectivity index (χ2v) is 10.9. The zero-order valence-electron chi connectivity index (χ0n) is 19.1. The normalized spacial score (nSPS) is 25.9. The summed E-state index contributed by atoms with van der Waals surface area (Å²) < 4.78 is 14.3. The van der Waals surface area contributed by atoms with Crippen LogP contribution in [-0.2, 0) is 15.0 Å². The summed E-state index contributed by atoms with van der Waals surface area (Å²) in [6, 6.07) is 4.50. The Kier molecular flexibility index (Phi) is 6.12. The van der Waals surface area contributed by atoms with Gasteiger partial charge in [-0.05, 0) is 92.2 Å². The summed E-state index contributed by atoms with van der Waals surface area (Å²) in [6.45, 7) is 10.0. The summed E-state index contributed by atoms with van der Waals surface area (Å²) in [5.41, 5.74) is 2.46. The highest BCUT2D eigenvalue weighted by molar-refractivity contribution is 5.91. The average molecular weight is 430 g/mol. The van der Waals surface area contributed by atoms with Crippen molar-refractivity contribution in [2.24, 2.45) is 5.41 Å². The molecule has 170 valence electrons. The summed E-state index contributed by atoms with van der Waals surface area (Å²) >= 11 is 0. The standard InChI is InChI=1S/C25H36FN3O2/c1-24(2,3)10-13-29-14-11-25(12-15-29)9-8-20(18-5-4-17(26)16-19(18)25)28-23(31)21-6-7-22(30)27-21/h4-5,16,20-21H,6-15H2,1-3H3,(H,27,30)(H,28,31)/t20-,21+/m0/s1. The van der Waals surface area contributed by atoms with E-state index in [1.165, 1.54) is 12.5 Å². The molecule has 1 aromatic carbocycles. The number of nitrogens with one attached hydrogen (secondary N) is 2. The molecule has 0 saturated carbocycles. The number of hydrogen-bond acceptors (Lipinski definition) is 3. The SMILES string of the molecule is CC(C)(C)CCN1CCC2(CC[C@H](NC(=O)[C@H]3CCC(=O)N3)c3ccc(F)cc32)CC1. The van der Waals surface area contributed by atoms with Crippen molar-refractivity contribution in [3.8, 4) is 0 Å². The first-order chi connectivity index (χ1) is 14.7. The van der Waals surface area contributed by atoms with E-state index >= 15 is 0 Å². The molecular weight excluding hydrogens is 393 g/mol. The minimum Gasteiger partial charge on any atom is -0.348 e. The smallest absolute Gasteiger partial charge is 0.243 e. The van der Waals surface area contributed by atoms with Crippen molar-refractivity contribution in [2.75, 3.05) is 19.6 Å². The molecule has 2 amide bonds. The third-order valence-corrected chi connectivity index (χ3v) is 7.49. The van der Waals surface area contributed by atoms with E-state index in [0.29, 0.717) is 18.3 Å². The number of hydrogen-bond donors (Lipinski definition) is 2. The lowest BCUT2D eigenvalue weighted by Crippen LogP contribution is -2.48. The van der Waals surface area contributed by atoms with Crippen LogP contribution in [0.1, 0.15) is 82.9 Å². The molecule has 4 rings (SSSR count). The first-order valence-corrected chi connectivity index (χ1v) is 11.8. The maximum Gasteiger partial charge on any atom is 0.243 e. The van der Waals surface area contributed by atoms with Gasteiger partial charge in [0, 0.05) is 6.42 Å². The van der Waals surface area contributed by atoms with E-state index in [-0.39, 0.29) is 29.1 Å². The molecule has 2 aliphatic heterocycles. The summed E-state index contributed by atoms with van der Waals surface area (Å²) in [6.07, 6.45) is 6.00. The Labute approximate surface area is 185 Å². The molecule has 2 fully saturated rings. The van der Waals surface area contributed by atoms with Gasteiger partial charge in [0.1, 0.15) is 11.9 Å². The van der Waals surface area contributed by atoms with Crippen LogP contribution in [0, 0.1) is 11.2 Å². The molecule has 2 N–H and O–H groups in total. The fourth-order valence-electron chi connectivity index (χ4n) is 5.45. The monoisotopic (exact) mass is 429 g/mol. The lowest BCUT2D eigenvalue weighted by atomic mass is 9.63. The van der Waals surface area contributed by atoms with Crippen molar-refractivity contribution in [1.82, 2.24) is 15.5 Å². The first kappa shape index (κ1) is 22.3. The molecule has 2 heterocycles. The molecule has 0 radical (unpaired) electrons. The number of halogens is 1. The van der Waals surface area contributed by atoms with Crippen molar-refractivity contribution >= 4 is 11.8 Å². The second kappa shape index (κ2) is 8.53. The zero-order chi connectivity index (χ0) is 22.2. The van der Waals surface area contributed by atoms with Gasteiger partial charge in [-0.3, -0.25) is 9.59 Å². The molecule has 31 heavy (non-hydrogen) atoms. The molecule has 0 aromatic heterocycles. The molecular formula is C25H36FN3O2. The zero-order valence-corrected chi connectivity index (χ0v) is 19.1. The molecule has 1 aromatic rings. The van der Waals surface area contributed by atoms with E-state index in [1.54, 1.807) is 6.07 Å².